The lowest BCUT2D eigenvalue weighted by molar-refractivity contribution is -0.154. The molecular formula is C17H19N5O4. The van der Waals surface area contributed by atoms with E-state index in [0.717, 1.165) is 5.56 Å². The number of azide groups is 1. The van der Waals surface area contributed by atoms with E-state index in [1.807, 2.05) is 30.3 Å². The van der Waals surface area contributed by atoms with Gasteiger partial charge >= 0.3 is 5.97 Å². The van der Waals surface area contributed by atoms with Crippen LogP contribution in [0.5, 0.6) is 0 Å². The van der Waals surface area contributed by atoms with Crippen LogP contribution in [0.3, 0.4) is 0 Å². The Balaban J connectivity index is 2.19. The van der Waals surface area contributed by atoms with Crippen molar-refractivity contribution in [3.05, 3.63) is 59.0 Å². The van der Waals surface area contributed by atoms with Crippen molar-refractivity contribution < 1.29 is 19.1 Å². The van der Waals surface area contributed by atoms with Gasteiger partial charge in [0.25, 0.3) is 0 Å². The quantitative estimate of drug-likeness (QED) is 0.247. The minimum absolute atomic E-state index is 0.0287. The number of piperazine rings is 1. The Kier molecular flexibility index (Phi) is 6.75. The summed E-state index contributed by atoms with van der Waals surface area (Å²) in [6.07, 6.45) is 1.13. The molecule has 136 valence electrons. The van der Waals surface area contributed by atoms with Crippen LogP contribution in [0.25, 0.3) is 10.4 Å². The van der Waals surface area contributed by atoms with Crippen molar-refractivity contribution in [3.8, 4) is 0 Å². The van der Waals surface area contributed by atoms with Crippen LogP contribution in [0.1, 0.15) is 12.0 Å². The maximum Gasteiger partial charge on any atom is 0.308 e. The van der Waals surface area contributed by atoms with Crippen LogP contribution in [0.15, 0.2) is 48.1 Å². The monoisotopic (exact) mass is 357 g/mol. The van der Waals surface area contributed by atoms with E-state index in [1.54, 1.807) is 0 Å². The minimum atomic E-state index is -1.02. The van der Waals surface area contributed by atoms with Gasteiger partial charge in [0, 0.05) is 11.5 Å². The van der Waals surface area contributed by atoms with E-state index in [2.05, 4.69) is 21.9 Å². The summed E-state index contributed by atoms with van der Waals surface area (Å²) >= 11 is 0. The van der Waals surface area contributed by atoms with E-state index >= 15 is 0 Å². The molecule has 9 heteroatoms. The number of amides is 2. The van der Waals surface area contributed by atoms with Crippen molar-refractivity contribution in [2.24, 2.45) is 5.11 Å². The van der Waals surface area contributed by atoms with Gasteiger partial charge in [0.1, 0.15) is 18.7 Å². The fourth-order valence-electron chi connectivity index (χ4n) is 2.60. The van der Waals surface area contributed by atoms with Crippen molar-refractivity contribution in [2.45, 2.75) is 25.0 Å². The zero-order valence-corrected chi connectivity index (χ0v) is 14.1. The van der Waals surface area contributed by atoms with Crippen molar-refractivity contribution in [2.75, 3.05) is 13.2 Å². The molecule has 0 radical (unpaired) electrons. The molecule has 2 atom stereocenters. The summed E-state index contributed by atoms with van der Waals surface area (Å²) in [5, 5.41) is 5.93. The van der Waals surface area contributed by atoms with Crippen LogP contribution in [0.2, 0.25) is 0 Å². The summed E-state index contributed by atoms with van der Waals surface area (Å²) in [7, 11) is 0. The van der Waals surface area contributed by atoms with Gasteiger partial charge < -0.3 is 15.0 Å². The molecular weight excluding hydrogens is 338 g/mol. The van der Waals surface area contributed by atoms with Crippen LogP contribution in [-0.2, 0) is 25.7 Å². The number of esters is 1. The average Bonchev–Trinajstić information content (AvgIpc) is 2.64. The molecule has 1 N–H and O–H groups in total. The van der Waals surface area contributed by atoms with Crippen LogP contribution in [0, 0.1) is 0 Å². The van der Waals surface area contributed by atoms with Gasteiger partial charge in [-0.3, -0.25) is 14.4 Å². The lowest BCUT2D eigenvalue weighted by Gasteiger charge is -2.38. The number of carbonyl (C=O) groups excluding carboxylic acids is 3. The molecule has 0 unspecified atom stereocenters. The maximum atomic E-state index is 12.8. The summed E-state index contributed by atoms with van der Waals surface area (Å²) in [5.41, 5.74) is 9.35. The van der Waals surface area contributed by atoms with Crippen LogP contribution in [0.4, 0.5) is 0 Å². The summed E-state index contributed by atoms with van der Waals surface area (Å²) in [6.45, 7) is 3.45. The second kappa shape index (κ2) is 9.24. The normalized spacial score (nSPS) is 19.3. The highest BCUT2D eigenvalue weighted by Crippen LogP contribution is 2.17. The molecule has 1 aliphatic heterocycles. The third-order valence-corrected chi connectivity index (χ3v) is 3.82. The Bertz CT molecular complexity index is 730. The van der Waals surface area contributed by atoms with E-state index in [4.69, 9.17) is 10.3 Å². The van der Waals surface area contributed by atoms with Crippen molar-refractivity contribution in [3.63, 3.8) is 0 Å². The molecule has 2 rings (SSSR count). The maximum absolute atomic E-state index is 12.8. The predicted molar refractivity (Wildman–Crippen MR) is 92.5 cm³/mol. The first-order chi connectivity index (χ1) is 12.6. The van der Waals surface area contributed by atoms with Crippen molar-refractivity contribution >= 4 is 17.8 Å². The molecule has 1 fully saturated rings. The summed E-state index contributed by atoms with van der Waals surface area (Å²) in [4.78, 5) is 41.0. The predicted octanol–water partition coefficient (Wildman–Crippen LogP) is 1.31. The molecule has 0 aromatic heterocycles. The number of nitrogens with zero attached hydrogens (tertiary/aromatic N) is 4. The van der Waals surface area contributed by atoms with E-state index in [9.17, 15) is 14.4 Å². The molecule has 0 aliphatic carbocycles. The lowest BCUT2D eigenvalue weighted by Crippen LogP contribution is -2.64. The fraction of sp³-hybridized carbons (Fsp3) is 0.353. The first-order valence-electron chi connectivity index (χ1n) is 7.99. The molecule has 1 saturated heterocycles. The highest BCUT2D eigenvalue weighted by Gasteiger charge is 2.41. The van der Waals surface area contributed by atoms with Crippen LogP contribution < -0.4 is 5.32 Å². The third-order valence-electron chi connectivity index (χ3n) is 3.82. The van der Waals surface area contributed by atoms with E-state index < -0.39 is 29.9 Å². The second-order valence-corrected chi connectivity index (χ2v) is 5.62. The highest BCUT2D eigenvalue weighted by atomic mass is 16.5. The van der Waals surface area contributed by atoms with Crippen LogP contribution >= 0.6 is 0 Å². The summed E-state index contributed by atoms with van der Waals surface area (Å²) < 4.78 is 4.88. The van der Waals surface area contributed by atoms with Gasteiger partial charge in [0.15, 0.2) is 0 Å². The molecule has 1 aliphatic rings. The SMILES string of the molecule is C=CCOC(=O)C[C@@H]1NC(=O)[C@H](CN=[N+]=[N-])N(Cc2ccccc2)C1=O. The lowest BCUT2D eigenvalue weighted by atomic mass is 10.0. The minimum Gasteiger partial charge on any atom is -0.461 e. The second-order valence-electron chi connectivity index (χ2n) is 5.62. The van der Waals surface area contributed by atoms with Gasteiger partial charge in [-0.05, 0) is 11.1 Å². The van der Waals surface area contributed by atoms with Crippen molar-refractivity contribution in [1.29, 1.82) is 0 Å². The van der Waals surface area contributed by atoms with Gasteiger partial charge in [-0.1, -0.05) is 48.1 Å². The fourth-order valence-corrected chi connectivity index (χ4v) is 2.60. The molecule has 1 aromatic rings. The topological polar surface area (TPSA) is 124 Å². The number of ether oxygens (including phenoxy) is 1. The number of hydrogen-bond donors (Lipinski definition) is 1. The van der Waals surface area contributed by atoms with Gasteiger partial charge in [0.05, 0.1) is 13.0 Å². The molecule has 9 nitrogen and oxygen atoms in total. The molecule has 2 amide bonds. The van der Waals surface area contributed by atoms with Gasteiger partial charge in [-0.2, -0.15) is 0 Å². The smallest absolute Gasteiger partial charge is 0.308 e. The summed E-state index contributed by atoms with van der Waals surface area (Å²) in [5.74, 6) is -1.52. The molecule has 0 saturated carbocycles. The Morgan fingerprint density at radius 3 is 2.77 bits per heavy atom. The first kappa shape index (κ1) is 19.0. The molecule has 26 heavy (non-hydrogen) atoms. The summed E-state index contributed by atoms with van der Waals surface area (Å²) in [6, 6.07) is 7.15. The molecule has 0 bridgehead atoms. The average molecular weight is 357 g/mol. The standard InChI is InChI=1S/C17H19N5O4/c1-2-8-26-15(23)9-13-17(25)22(11-12-6-4-3-5-7-12)14(10-19-21-18)16(24)20-13/h2-7,13-14H,1,8-11H2,(H,20,24)/t13-,14-/m0/s1. The van der Waals surface area contributed by atoms with Gasteiger partial charge in [0.2, 0.25) is 11.8 Å². The molecule has 1 heterocycles. The number of rotatable bonds is 8. The number of nitrogens with one attached hydrogen (secondary N) is 1. The number of carbonyl (C=O) groups is 3. The number of hydrogen-bond acceptors (Lipinski definition) is 5. The van der Waals surface area contributed by atoms with Crippen molar-refractivity contribution in [1.82, 2.24) is 10.2 Å². The Labute approximate surface area is 150 Å². The molecule has 1 aromatic carbocycles. The zero-order chi connectivity index (χ0) is 18.9. The zero-order valence-electron chi connectivity index (χ0n) is 14.1. The van der Waals surface area contributed by atoms with Crippen LogP contribution in [-0.4, -0.2) is 47.9 Å². The number of benzene rings is 1. The Morgan fingerprint density at radius 2 is 2.12 bits per heavy atom. The van der Waals surface area contributed by atoms with Gasteiger partial charge in [-0.25, -0.2) is 0 Å². The van der Waals surface area contributed by atoms with E-state index in [-0.39, 0.29) is 26.1 Å². The van der Waals surface area contributed by atoms with Gasteiger partial charge in [-0.15, -0.1) is 0 Å². The first-order valence-corrected chi connectivity index (χ1v) is 7.99. The Morgan fingerprint density at radius 1 is 1.38 bits per heavy atom. The van der Waals surface area contributed by atoms with E-state index in [0.29, 0.717) is 0 Å². The highest BCUT2D eigenvalue weighted by molar-refractivity contribution is 5.98. The third kappa shape index (κ3) is 4.84. The van der Waals surface area contributed by atoms with E-state index in [1.165, 1.54) is 11.0 Å². The largest absolute Gasteiger partial charge is 0.461 e. The molecule has 0 spiro atoms. The Hall–Kier alpha value is -3.32.